The number of nitrogens with zero attached hydrogens (tertiary/aromatic N) is 2. The van der Waals surface area contributed by atoms with E-state index in [1.807, 2.05) is 29.9 Å². The molecule has 0 radical (unpaired) electrons. The second-order valence-corrected chi connectivity index (χ2v) is 5.83. The summed E-state index contributed by atoms with van der Waals surface area (Å²) >= 11 is 1.69. The van der Waals surface area contributed by atoms with Crippen LogP contribution in [0.15, 0.2) is 54.2 Å². The fourth-order valence-corrected chi connectivity index (χ4v) is 3.09. The number of nitrogens with one attached hydrogen (secondary N) is 1. The summed E-state index contributed by atoms with van der Waals surface area (Å²) in [5.41, 5.74) is 0.922. The summed E-state index contributed by atoms with van der Waals surface area (Å²) in [5, 5.41) is 5.52. The van der Waals surface area contributed by atoms with Crippen LogP contribution in [0.3, 0.4) is 0 Å². The molecule has 2 heterocycles. The Morgan fingerprint density at radius 1 is 1.33 bits per heavy atom. The van der Waals surface area contributed by atoms with Gasteiger partial charge in [0.15, 0.2) is 0 Å². The van der Waals surface area contributed by atoms with Crippen LogP contribution in [0.5, 0.6) is 0 Å². The van der Waals surface area contributed by atoms with E-state index in [0.29, 0.717) is 6.54 Å². The first kappa shape index (κ1) is 14.0. The summed E-state index contributed by atoms with van der Waals surface area (Å²) in [5.74, 6) is 0.743. The summed E-state index contributed by atoms with van der Waals surface area (Å²) < 4.78 is 15.3. The van der Waals surface area contributed by atoms with Gasteiger partial charge in [-0.3, -0.25) is 5.32 Å². The van der Waals surface area contributed by atoms with Crippen LogP contribution in [-0.4, -0.2) is 9.55 Å². The third kappa shape index (κ3) is 3.20. The molecule has 1 atom stereocenters. The van der Waals surface area contributed by atoms with Gasteiger partial charge in [0, 0.05) is 30.9 Å². The van der Waals surface area contributed by atoms with E-state index < -0.39 is 0 Å². The predicted octanol–water partition coefficient (Wildman–Crippen LogP) is 3.50. The van der Waals surface area contributed by atoms with Crippen LogP contribution in [0.4, 0.5) is 4.39 Å². The van der Waals surface area contributed by atoms with Crippen LogP contribution >= 0.6 is 11.3 Å². The number of aryl methyl sites for hydroxylation is 1. The molecular weight excluding hydrogens is 285 g/mol. The van der Waals surface area contributed by atoms with E-state index in [-0.39, 0.29) is 11.9 Å². The lowest BCUT2D eigenvalue weighted by atomic mass is 10.1. The molecule has 0 saturated carbocycles. The fraction of sp³-hybridized carbons (Fsp3) is 0.188. The minimum absolute atomic E-state index is 0.00765. The highest BCUT2D eigenvalue weighted by molar-refractivity contribution is 7.10. The number of imidazole rings is 1. The molecule has 3 aromatic rings. The molecule has 2 aromatic heterocycles. The molecule has 1 unspecified atom stereocenters. The van der Waals surface area contributed by atoms with Gasteiger partial charge in [-0.2, -0.15) is 0 Å². The van der Waals surface area contributed by atoms with Gasteiger partial charge in [0.2, 0.25) is 0 Å². The van der Waals surface area contributed by atoms with Gasteiger partial charge in [-0.1, -0.05) is 18.2 Å². The molecule has 0 amide bonds. The average Bonchev–Trinajstić information content (AvgIpc) is 3.12. The molecule has 0 fully saturated rings. The van der Waals surface area contributed by atoms with E-state index >= 15 is 0 Å². The Kier molecular flexibility index (Phi) is 4.13. The van der Waals surface area contributed by atoms with Crippen LogP contribution in [-0.2, 0) is 13.6 Å². The first-order chi connectivity index (χ1) is 10.2. The molecule has 108 valence electrons. The van der Waals surface area contributed by atoms with Gasteiger partial charge in [0.05, 0.1) is 0 Å². The van der Waals surface area contributed by atoms with Gasteiger partial charge < -0.3 is 4.57 Å². The minimum atomic E-state index is -0.209. The number of benzene rings is 1. The standard InChI is InChI=1S/C16H16FN3S/c1-20-8-7-18-16(20)15(14-6-3-9-21-14)19-11-12-4-2-5-13(17)10-12/h2-10,15,19H,11H2,1H3. The molecule has 0 aliphatic carbocycles. The molecular formula is C16H16FN3S. The van der Waals surface area contributed by atoms with Crippen molar-refractivity contribution in [3.8, 4) is 0 Å². The van der Waals surface area contributed by atoms with Gasteiger partial charge in [-0.05, 0) is 29.1 Å². The molecule has 0 aliphatic rings. The zero-order chi connectivity index (χ0) is 14.7. The number of rotatable bonds is 5. The molecule has 1 N–H and O–H groups in total. The van der Waals surface area contributed by atoms with Crippen molar-refractivity contribution in [3.63, 3.8) is 0 Å². The maximum atomic E-state index is 13.3. The molecule has 3 nitrogen and oxygen atoms in total. The molecule has 5 heteroatoms. The Morgan fingerprint density at radius 2 is 2.24 bits per heavy atom. The lowest BCUT2D eigenvalue weighted by Gasteiger charge is -2.17. The first-order valence-electron chi connectivity index (χ1n) is 6.72. The zero-order valence-corrected chi connectivity index (χ0v) is 12.5. The van der Waals surface area contributed by atoms with Gasteiger partial charge >= 0.3 is 0 Å². The highest BCUT2D eigenvalue weighted by atomic mass is 32.1. The SMILES string of the molecule is Cn1ccnc1C(NCc1cccc(F)c1)c1cccs1. The largest absolute Gasteiger partial charge is 0.336 e. The number of aromatic nitrogens is 2. The highest BCUT2D eigenvalue weighted by Crippen LogP contribution is 2.25. The molecule has 0 spiro atoms. The van der Waals surface area contributed by atoms with Crippen LogP contribution in [0, 0.1) is 5.82 Å². The van der Waals surface area contributed by atoms with Crippen molar-refractivity contribution in [2.75, 3.05) is 0 Å². The zero-order valence-electron chi connectivity index (χ0n) is 11.7. The van der Waals surface area contributed by atoms with E-state index in [0.717, 1.165) is 11.4 Å². The van der Waals surface area contributed by atoms with Crippen LogP contribution in [0.25, 0.3) is 0 Å². The number of thiophene rings is 1. The first-order valence-corrected chi connectivity index (χ1v) is 7.60. The minimum Gasteiger partial charge on any atom is -0.336 e. The molecule has 21 heavy (non-hydrogen) atoms. The van der Waals surface area contributed by atoms with Crippen LogP contribution in [0.2, 0.25) is 0 Å². The number of halogens is 1. The van der Waals surface area contributed by atoms with E-state index in [4.69, 9.17) is 0 Å². The Labute approximate surface area is 127 Å². The number of hydrogen-bond donors (Lipinski definition) is 1. The van der Waals surface area contributed by atoms with Crippen molar-refractivity contribution in [2.24, 2.45) is 7.05 Å². The lowest BCUT2D eigenvalue weighted by molar-refractivity contribution is 0.561. The normalized spacial score (nSPS) is 12.5. The van der Waals surface area contributed by atoms with E-state index in [2.05, 4.69) is 21.7 Å². The topological polar surface area (TPSA) is 29.9 Å². The summed E-state index contributed by atoms with van der Waals surface area (Å²) in [6.45, 7) is 0.590. The second kappa shape index (κ2) is 6.20. The molecule has 1 aromatic carbocycles. The summed E-state index contributed by atoms with van der Waals surface area (Å²) in [6, 6.07) is 10.8. The summed E-state index contributed by atoms with van der Waals surface area (Å²) in [6.07, 6.45) is 3.72. The Balaban J connectivity index is 1.82. The Morgan fingerprint density at radius 3 is 2.90 bits per heavy atom. The monoisotopic (exact) mass is 301 g/mol. The van der Waals surface area contributed by atoms with Gasteiger partial charge in [-0.15, -0.1) is 11.3 Å². The van der Waals surface area contributed by atoms with Crippen LogP contribution < -0.4 is 5.32 Å². The lowest BCUT2D eigenvalue weighted by Crippen LogP contribution is -2.24. The van der Waals surface area contributed by atoms with Crippen molar-refractivity contribution in [2.45, 2.75) is 12.6 Å². The van der Waals surface area contributed by atoms with Crippen molar-refractivity contribution in [3.05, 3.63) is 76.3 Å². The summed E-state index contributed by atoms with van der Waals surface area (Å²) in [4.78, 5) is 5.63. The molecule has 0 saturated heterocycles. The Bertz CT molecular complexity index is 706. The van der Waals surface area contributed by atoms with Crippen molar-refractivity contribution >= 4 is 11.3 Å². The van der Waals surface area contributed by atoms with Gasteiger partial charge in [-0.25, -0.2) is 9.37 Å². The second-order valence-electron chi connectivity index (χ2n) is 4.86. The molecule has 0 bridgehead atoms. The van der Waals surface area contributed by atoms with Crippen molar-refractivity contribution in [1.82, 2.24) is 14.9 Å². The number of hydrogen-bond acceptors (Lipinski definition) is 3. The van der Waals surface area contributed by atoms with E-state index in [1.54, 1.807) is 29.7 Å². The predicted molar refractivity (Wildman–Crippen MR) is 82.6 cm³/mol. The van der Waals surface area contributed by atoms with Gasteiger partial charge in [0.25, 0.3) is 0 Å². The van der Waals surface area contributed by atoms with Gasteiger partial charge in [0.1, 0.15) is 17.7 Å². The van der Waals surface area contributed by atoms with E-state index in [9.17, 15) is 4.39 Å². The van der Waals surface area contributed by atoms with Crippen molar-refractivity contribution in [1.29, 1.82) is 0 Å². The maximum absolute atomic E-state index is 13.3. The Hall–Kier alpha value is -1.98. The molecule has 0 aliphatic heterocycles. The maximum Gasteiger partial charge on any atom is 0.131 e. The molecule has 3 rings (SSSR count). The van der Waals surface area contributed by atoms with Crippen molar-refractivity contribution < 1.29 is 4.39 Å². The fourth-order valence-electron chi connectivity index (χ4n) is 2.30. The third-order valence-electron chi connectivity index (χ3n) is 3.34. The quantitative estimate of drug-likeness (QED) is 0.781. The smallest absolute Gasteiger partial charge is 0.131 e. The van der Waals surface area contributed by atoms with Crippen LogP contribution in [0.1, 0.15) is 22.3 Å². The third-order valence-corrected chi connectivity index (χ3v) is 4.28. The highest BCUT2D eigenvalue weighted by Gasteiger charge is 2.18. The average molecular weight is 301 g/mol. The van der Waals surface area contributed by atoms with E-state index in [1.165, 1.54) is 10.9 Å². The summed E-state index contributed by atoms with van der Waals surface area (Å²) in [7, 11) is 1.98.